The van der Waals surface area contributed by atoms with E-state index >= 15 is 0 Å². The molecule has 30 heavy (non-hydrogen) atoms. The molecule has 0 saturated heterocycles. The maximum absolute atomic E-state index is 11.7. The first-order chi connectivity index (χ1) is 13.8. The Morgan fingerprint density at radius 1 is 0.900 bits per heavy atom. The Kier molecular flexibility index (Phi) is 16.1. The quantitative estimate of drug-likeness (QED) is 0.173. The van der Waals surface area contributed by atoms with Crippen LogP contribution in [0, 0.1) is 0 Å². The molecule has 2 N–H and O–H groups in total. The molecule has 1 aromatic rings. The number of para-hydroxylation sites is 1. The minimum absolute atomic E-state index is 0. The molecule has 9 nitrogen and oxygen atoms in total. The fourth-order valence-electron chi connectivity index (χ4n) is 2.31. The number of carbonyl (C=O) groups excluding carboxylic acids is 2. The fraction of sp³-hybridized carbons (Fsp3) is 0.579. The summed E-state index contributed by atoms with van der Waals surface area (Å²) in [7, 11) is -4.54. The molecule has 0 spiro atoms. The molecule has 0 aliphatic rings. The van der Waals surface area contributed by atoms with E-state index in [9.17, 15) is 18.0 Å². The van der Waals surface area contributed by atoms with Gasteiger partial charge in [-0.25, -0.2) is 4.18 Å². The average Bonchev–Trinajstić information content (AvgIpc) is 2.68. The van der Waals surface area contributed by atoms with E-state index in [0.717, 1.165) is 19.3 Å². The van der Waals surface area contributed by atoms with Crippen molar-refractivity contribution in [2.45, 2.75) is 57.5 Å². The summed E-state index contributed by atoms with van der Waals surface area (Å²) < 4.78 is 36.4. The van der Waals surface area contributed by atoms with Gasteiger partial charge >= 0.3 is 51.9 Å². The number of aliphatic hydroxyl groups is 2. The van der Waals surface area contributed by atoms with Crippen LogP contribution in [0.3, 0.4) is 0 Å². The molecule has 1 aromatic carbocycles. The van der Waals surface area contributed by atoms with Crippen LogP contribution in [0.25, 0.3) is 0 Å². The molecule has 0 aliphatic carbocycles. The predicted molar refractivity (Wildman–Crippen MR) is 110 cm³/mol. The van der Waals surface area contributed by atoms with Crippen LogP contribution in [0.5, 0.6) is 5.75 Å². The number of unbranched alkanes of at least 4 members (excludes halogenated alkanes) is 5. The molecule has 0 bridgehead atoms. The maximum atomic E-state index is 11.7. The molecule has 0 radical (unpaired) electrons. The normalized spacial score (nSPS) is 11.9. The summed E-state index contributed by atoms with van der Waals surface area (Å²) in [4.78, 5) is 23.2. The number of hydrogen-bond donors (Lipinski definition) is 2. The first-order valence-electron chi connectivity index (χ1n) is 9.48. The molecule has 0 fully saturated rings. The molecule has 0 saturated carbocycles. The number of esters is 1. The van der Waals surface area contributed by atoms with Crippen LogP contribution in [0.4, 0.5) is 0 Å². The van der Waals surface area contributed by atoms with Crippen LogP contribution in [-0.2, 0) is 28.4 Å². The van der Waals surface area contributed by atoms with E-state index in [4.69, 9.17) is 14.9 Å². The van der Waals surface area contributed by atoms with Gasteiger partial charge in [-0.05, 0) is 25.0 Å². The van der Waals surface area contributed by atoms with Crippen molar-refractivity contribution in [3.63, 3.8) is 0 Å². The van der Waals surface area contributed by atoms with Gasteiger partial charge in [0, 0.05) is 12.8 Å². The third-order valence-electron chi connectivity index (χ3n) is 3.80. The van der Waals surface area contributed by atoms with Gasteiger partial charge in [0.25, 0.3) is 0 Å². The van der Waals surface area contributed by atoms with Crippen molar-refractivity contribution < 1.29 is 41.3 Å². The second-order valence-corrected chi connectivity index (χ2v) is 7.61. The molecular weight excluding hydrogens is 427 g/mol. The van der Waals surface area contributed by atoms with E-state index in [1.807, 2.05) is 6.07 Å². The van der Waals surface area contributed by atoms with Gasteiger partial charge in [0.15, 0.2) is 0 Å². The van der Waals surface area contributed by atoms with Gasteiger partial charge in [-0.3, -0.25) is 9.59 Å². The Morgan fingerprint density at radius 2 is 1.43 bits per heavy atom. The first kappa shape index (κ1) is 29.0. The van der Waals surface area contributed by atoms with Crippen LogP contribution in [-0.4, -0.2) is 79.4 Å². The summed E-state index contributed by atoms with van der Waals surface area (Å²) in [6.07, 6.45) is 3.35. The van der Waals surface area contributed by atoms with Crippen molar-refractivity contribution in [1.82, 2.24) is 0 Å². The van der Waals surface area contributed by atoms with Crippen molar-refractivity contribution in [1.29, 1.82) is 0 Å². The SMILES string of the molecule is O=C(CCCCCCCCC(=O)OS(=O)(=O)OCC(O)CO)Oc1ccccc1.[NaH]. The minimum atomic E-state index is -4.54. The van der Waals surface area contributed by atoms with Crippen molar-refractivity contribution in [3.8, 4) is 5.75 Å². The van der Waals surface area contributed by atoms with E-state index in [0.29, 0.717) is 31.4 Å². The van der Waals surface area contributed by atoms with Gasteiger partial charge in [-0.1, -0.05) is 43.9 Å². The van der Waals surface area contributed by atoms with Crippen LogP contribution >= 0.6 is 0 Å². The molecule has 0 amide bonds. The van der Waals surface area contributed by atoms with Gasteiger partial charge in [0.05, 0.1) is 13.2 Å². The molecule has 0 aromatic heterocycles. The monoisotopic (exact) mass is 456 g/mol. The number of hydrogen-bond acceptors (Lipinski definition) is 9. The van der Waals surface area contributed by atoms with Crippen LogP contribution < -0.4 is 4.74 Å². The zero-order valence-corrected chi connectivity index (χ0v) is 17.0. The summed E-state index contributed by atoms with van der Waals surface area (Å²) in [5.41, 5.74) is 0. The van der Waals surface area contributed by atoms with Gasteiger partial charge in [-0.15, -0.1) is 0 Å². The Bertz CT molecular complexity index is 710. The number of aliphatic hydroxyl groups excluding tert-OH is 2. The topological polar surface area (TPSA) is 136 Å². The van der Waals surface area contributed by atoms with Crippen LogP contribution in [0.15, 0.2) is 30.3 Å². The van der Waals surface area contributed by atoms with Crippen molar-refractivity contribution >= 4 is 51.9 Å². The molecule has 1 atom stereocenters. The summed E-state index contributed by atoms with van der Waals surface area (Å²) in [6.45, 7) is -1.36. The van der Waals surface area contributed by atoms with E-state index in [1.165, 1.54) is 0 Å². The van der Waals surface area contributed by atoms with Gasteiger partial charge in [0.2, 0.25) is 0 Å². The van der Waals surface area contributed by atoms with Crippen LogP contribution in [0.2, 0.25) is 0 Å². The van der Waals surface area contributed by atoms with E-state index in [-0.39, 0.29) is 41.9 Å². The average molecular weight is 456 g/mol. The Labute approximate surface area is 199 Å². The first-order valence-corrected chi connectivity index (χ1v) is 10.8. The second kappa shape index (κ2) is 16.7. The summed E-state index contributed by atoms with van der Waals surface area (Å²) in [6, 6.07) is 8.87. The van der Waals surface area contributed by atoms with E-state index in [1.54, 1.807) is 24.3 Å². The standard InChI is InChI=1S/C19H28O9S.Na.H/c20-14-16(21)15-26-29(24,25)28-19(23)13-9-4-2-1-3-8-12-18(22)27-17-10-6-5-7-11-17;;/h5-7,10-11,16,20-21H,1-4,8-9,12-15H2;;. The van der Waals surface area contributed by atoms with Gasteiger partial charge < -0.3 is 19.1 Å². The molecule has 1 unspecified atom stereocenters. The third-order valence-corrected chi connectivity index (χ3v) is 4.61. The summed E-state index contributed by atoms with van der Waals surface area (Å²) in [5, 5.41) is 17.6. The Balaban J connectivity index is 0.00000841. The van der Waals surface area contributed by atoms with Crippen LogP contribution in [0.1, 0.15) is 51.4 Å². The van der Waals surface area contributed by atoms with E-state index in [2.05, 4.69) is 8.37 Å². The van der Waals surface area contributed by atoms with E-state index < -0.39 is 35.7 Å². The third kappa shape index (κ3) is 14.9. The molecule has 11 heteroatoms. The van der Waals surface area contributed by atoms with Gasteiger partial charge in [0.1, 0.15) is 11.9 Å². The Hall–Kier alpha value is -1.01. The molecule has 0 aliphatic heterocycles. The number of benzene rings is 1. The number of ether oxygens (including phenoxy) is 1. The predicted octanol–water partition coefficient (Wildman–Crippen LogP) is 1.22. The Morgan fingerprint density at radius 3 is 2.00 bits per heavy atom. The second-order valence-electron chi connectivity index (χ2n) is 6.39. The number of carbonyl (C=O) groups is 2. The van der Waals surface area contributed by atoms with Crippen molar-refractivity contribution in [3.05, 3.63) is 30.3 Å². The molecule has 166 valence electrons. The molecule has 1 rings (SSSR count). The number of rotatable bonds is 15. The van der Waals surface area contributed by atoms with Crippen molar-refractivity contribution in [2.75, 3.05) is 13.2 Å². The zero-order valence-electron chi connectivity index (χ0n) is 16.2. The summed E-state index contributed by atoms with van der Waals surface area (Å²) in [5.74, 6) is -0.678. The molecule has 0 heterocycles. The van der Waals surface area contributed by atoms with Gasteiger partial charge in [-0.2, -0.15) is 8.42 Å². The zero-order chi connectivity index (χ0) is 21.5. The summed E-state index contributed by atoms with van der Waals surface area (Å²) >= 11 is 0. The molecular formula is C19H29NaO9S. The van der Waals surface area contributed by atoms with Crippen molar-refractivity contribution in [2.24, 2.45) is 0 Å². The fourth-order valence-corrected chi connectivity index (χ4v) is 2.99.